The van der Waals surface area contributed by atoms with Gasteiger partial charge in [0.2, 0.25) is 0 Å². The van der Waals surface area contributed by atoms with Crippen molar-refractivity contribution < 1.29 is 0 Å². The molecule has 0 aromatic carbocycles. The lowest BCUT2D eigenvalue weighted by Crippen LogP contribution is -2.26. The van der Waals surface area contributed by atoms with Gasteiger partial charge in [0.15, 0.2) is 0 Å². The van der Waals surface area contributed by atoms with Gasteiger partial charge in [-0.1, -0.05) is 32.2 Å². The predicted molar refractivity (Wildman–Crippen MR) is 112 cm³/mol. The number of nitrogens with zero attached hydrogens (tertiary/aromatic N) is 2. The van der Waals surface area contributed by atoms with Crippen molar-refractivity contribution in [3.8, 4) is 0 Å². The molecule has 5 nitrogen and oxygen atoms in total. The van der Waals surface area contributed by atoms with Gasteiger partial charge >= 0.3 is 0 Å². The van der Waals surface area contributed by atoms with E-state index in [0.717, 1.165) is 34.5 Å². The van der Waals surface area contributed by atoms with Crippen molar-refractivity contribution in [2.24, 2.45) is 16.1 Å². The molecule has 1 unspecified atom stereocenters. The minimum absolute atomic E-state index is 0.000139. The van der Waals surface area contributed by atoms with Gasteiger partial charge in [0.05, 0.1) is 0 Å². The van der Waals surface area contributed by atoms with Crippen molar-refractivity contribution in [1.82, 2.24) is 15.6 Å². The van der Waals surface area contributed by atoms with Gasteiger partial charge in [0.1, 0.15) is 5.82 Å². The summed E-state index contributed by atoms with van der Waals surface area (Å²) in [4.78, 5) is 8.41. The van der Waals surface area contributed by atoms with Gasteiger partial charge in [-0.2, -0.15) is 0 Å². The normalized spacial score (nSPS) is 21.7. The molecule has 27 heavy (non-hydrogen) atoms. The second-order valence-electron chi connectivity index (χ2n) is 6.98. The second kappa shape index (κ2) is 7.50. The Hall–Kier alpha value is -3.34. The zero-order valence-corrected chi connectivity index (χ0v) is 15.8. The molecule has 0 fully saturated rings. The predicted octanol–water partition coefficient (Wildman–Crippen LogP) is 3.75. The molecule has 138 valence electrons. The topological polar surface area (TPSA) is 75.3 Å². The highest BCUT2D eigenvalue weighted by molar-refractivity contribution is 6.08. The van der Waals surface area contributed by atoms with E-state index < -0.39 is 0 Å². The Bertz CT molecular complexity index is 915. The van der Waals surface area contributed by atoms with E-state index in [2.05, 4.69) is 58.9 Å². The number of aromatic nitrogens is 1. The standard InChI is InChI=1S/C22H25N5/c1-15(18-6-5-10-24-14-18)13-26-21(23)16(2)17(3)27-19-7-8-20-22(4,12-19)9-11-25-20/h5-11,13-14,25,27H,1,3,12,23H2,2,4H3/b21-16+,26-13-. The van der Waals surface area contributed by atoms with E-state index in [0.29, 0.717) is 5.82 Å². The zero-order chi connectivity index (χ0) is 19.4. The van der Waals surface area contributed by atoms with Crippen molar-refractivity contribution in [2.45, 2.75) is 20.3 Å². The average Bonchev–Trinajstić information content (AvgIpc) is 3.06. The Morgan fingerprint density at radius 2 is 2.22 bits per heavy atom. The van der Waals surface area contributed by atoms with Crippen LogP contribution in [0.2, 0.25) is 0 Å². The minimum Gasteiger partial charge on any atom is -0.383 e. The van der Waals surface area contributed by atoms with Crippen molar-refractivity contribution >= 4 is 11.8 Å². The molecule has 0 saturated carbocycles. The minimum atomic E-state index is 0.000139. The van der Waals surface area contributed by atoms with E-state index in [9.17, 15) is 0 Å². The molecule has 0 spiro atoms. The number of allylic oxidation sites excluding steroid dienone is 6. The van der Waals surface area contributed by atoms with Crippen LogP contribution in [0, 0.1) is 5.41 Å². The van der Waals surface area contributed by atoms with Crippen LogP contribution in [0.1, 0.15) is 25.8 Å². The Morgan fingerprint density at radius 1 is 1.41 bits per heavy atom. The summed E-state index contributed by atoms with van der Waals surface area (Å²) in [6.45, 7) is 12.2. The lowest BCUT2D eigenvalue weighted by Gasteiger charge is -2.29. The maximum absolute atomic E-state index is 6.13. The number of hydrogen-bond donors (Lipinski definition) is 3. The summed E-state index contributed by atoms with van der Waals surface area (Å²) in [7, 11) is 0. The van der Waals surface area contributed by atoms with Gasteiger partial charge in [0.25, 0.3) is 0 Å². The van der Waals surface area contributed by atoms with Gasteiger partial charge in [-0.25, -0.2) is 4.99 Å². The van der Waals surface area contributed by atoms with Crippen molar-refractivity contribution in [1.29, 1.82) is 0 Å². The molecular weight excluding hydrogens is 334 g/mol. The molecular formula is C22H25N5. The van der Waals surface area contributed by atoms with Crippen molar-refractivity contribution in [3.63, 3.8) is 0 Å². The molecule has 2 heterocycles. The molecule has 0 saturated heterocycles. The molecule has 5 heteroatoms. The molecule has 0 radical (unpaired) electrons. The monoisotopic (exact) mass is 359 g/mol. The van der Waals surface area contributed by atoms with Crippen LogP contribution in [0.15, 0.2) is 95.6 Å². The first-order chi connectivity index (χ1) is 12.9. The highest BCUT2D eigenvalue weighted by Crippen LogP contribution is 2.39. The van der Waals surface area contributed by atoms with E-state index in [1.807, 2.05) is 25.3 Å². The number of nitrogens with one attached hydrogen (secondary N) is 2. The van der Waals surface area contributed by atoms with Crippen LogP contribution in [-0.4, -0.2) is 11.2 Å². The summed E-state index contributed by atoms with van der Waals surface area (Å²) < 4.78 is 0. The zero-order valence-electron chi connectivity index (χ0n) is 15.8. The van der Waals surface area contributed by atoms with Crippen LogP contribution < -0.4 is 16.4 Å². The SMILES string of the molecule is C=C(NC1=CC=C2NC=CC2(C)C1)/C(C)=C(N)/N=C\C(=C)c1cccnc1. The van der Waals surface area contributed by atoms with Crippen LogP contribution in [0.5, 0.6) is 0 Å². The van der Waals surface area contributed by atoms with Crippen LogP contribution in [-0.2, 0) is 0 Å². The maximum Gasteiger partial charge on any atom is 0.128 e. The van der Waals surface area contributed by atoms with Crippen LogP contribution in [0.3, 0.4) is 0 Å². The number of aliphatic imine (C=N–C) groups is 1. The maximum atomic E-state index is 6.13. The fourth-order valence-corrected chi connectivity index (χ4v) is 3.00. The Kier molecular flexibility index (Phi) is 5.12. The summed E-state index contributed by atoms with van der Waals surface area (Å²) in [6.07, 6.45) is 14.3. The largest absolute Gasteiger partial charge is 0.383 e. The Labute approximate surface area is 160 Å². The third-order valence-corrected chi connectivity index (χ3v) is 4.85. The molecule has 1 aliphatic heterocycles. The van der Waals surface area contributed by atoms with Crippen molar-refractivity contribution in [2.75, 3.05) is 0 Å². The molecule has 0 amide bonds. The third-order valence-electron chi connectivity index (χ3n) is 4.85. The van der Waals surface area contributed by atoms with Crippen LogP contribution in [0.4, 0.5) is 0 Å². The summed E-state index contributed by atoms with van der Waals surface area (Å²) in [5.41, 5.74) is 11.6. The van der Waals surface area contributed by atoms with Gasteiger partial charge in [-0.15, -0.1) is 0 Å². The summed E-state index contributed by atoms with van der Waals surface area (Å²) in [5, 5.41) is 6.65. The molecule has 1 aromatic rings. The Balaban J connectivity index is 1.66. The number of hydrogen-bond acceptors (Lipinski definition) is 5. The molecule has 1 atom stereocenters. The fraction of sp³-hybridized carbons (Fsp3) is 0.182. The van der Waals surface area contributed by atoms with E-state index in [1.54, 1.807) is 18.6 Å². The van der Waals surface area contributed by atoms with Crippen LogP contribution in [0.25, 0.3) is 5.57 Å². The average molecular weight is 359 g/mol. The van der Waals surface area contributed by atoms with Crippen LogP contribution >= 0.6 is 0 Å². The molecule has 4 N–H and O–H groups in total. The molecule has 0 bridgehead atoms. The first-order valence-corrected chi connectivity index (χ1v) is 8.81. The molecule has 1 aliphatic carbocycles. The Morgan fingerprint density at radius 3 is 2.96 bits per heavy atom. The van der Waals surface area contributed by atoms with Gasteiger partial charge in [0, 0.05) is 58.7 Å². The first kappa shape index (κ1) is 18.5. The molecule has 1 aromatic heterocycles. The smallest absolute Gasteiger partial charge is 0.128 e. The lowest BCUT2D eigenvalue weighted by molar-refractivity contribution is 0.489. The quantitative estimate of drug-likeness (QED) is 0.534. The summed E-state index contributed by atoms with van der Waals surface area (Å²) in [6, 6.07) is 3.79. The fourth-order valence-electron chi connectivity index (χ4n) is 3.00. The van der Waals surface area contributed by atoms with E-state index in [-0.39, 0.29) is 5.41 Å². The van der Waals surface area contributed by atoms with Gasteiger partial charge in [-0.05, 0) is 36.9 Å². The van der Waals surface area contributed by atoms with Crippen molar-refractivity contribution in [3.05, 3.63) is 96.2 Å². The number of rotatable bonds is 6. The highest BCUT2D eigenvalue weighted by Gasteiger charge is 2.32. The molecule has 3 rings (SSSR count). The lowest BCUT2D eigenvalue weighted by atomic mass is 9.80. The van der Waals surface area contributed by atoms with Gasteiger partial charge in [-0.3, -0.25) is 4.98 Å². The molecule has 2 aliphatic rings. The van der Waals surface area contributed by atoms with E-state index in [1.165, 1.54) is 5.70 Å². The first-order valence-electron chi connectivity index (χ1n) is 8.81. The summed E-state index contributed by atoms with van der Waals surface area (Å²) in [5.74, 6) is 0.402. The highest BCUT2D eigenvalue weighted by atomic mass is 15.0. The van der Waals surface area contributed by atoms with E-state index in [4.69, 9.17) is 5.73 Å². The number of pyridine rings is 1. The third kappa shape index (κ3) is 4.08. The second-order valence-corrected chi connectivity index (χ2v) is 6.98. The number of fused-ring (bicyclic) bond motifs is 1. The number of nitrogens with two attached hydrogens (primary N) is 1. The summed E-state index contributed by atoms with van der Waals surface area (Å²) >= 11 is 0. The van der Waals surface area contributed by atoms with Gasteiger partial charge < -0.3 is 16.4 Å². The van der Waals surface area contributed by atoms with E-state index >= 15 is 0 Å².